The van der Waals surface area contributed by atoms with Gasteiger partial charge in [-0.15, -0.1) is 37.9 Å². The first kappa shape index (κ1) is 82.8. The third-order valence-corrected chi connectivity index (χ3v) is 16.3. The van der Waals surface area contributed by atoms with Crippen molar-refractivity contribution in [2.24, 2.45) is 0 Å². The molecule has 0 aliphatic rings. The molecular weight excluding hydrogens is 1450 g/mol. The number of hydrogen-bond donors (Lipinski definition) is 9. The van der Waals surface area contributed by atoms with Crippen molar-refractivity contribution in [3.05, 3.63) is 234 Å². The molecule has 0 saturated heterocycles. The van der Waals surface area contributed by atoms with E-state index in [2.05, 4.69) is 31.9 Å². The van der Waals surface area contributed by atoms with Gasteiger partial charge in [-0.25, -0.2) is 0 Å². The molecule has 3 amide bonds. The van der Waals surface area contributed by atoms with Gasteiger partial charge in [-0.05, 0) is 147 Å². The van der Waals surface area contributed by atoms with Gasteiger partial charge in [0, 0.05) is 105 Å². The topological polar surface area (TPSA) is 491 Å². The van der Waals surface area contributed by atoms with Crippen LogP contribution >= 0.6 is 0 Å². The van der Waals surface area contributed by atoms with E-state index >= 15 is 0 Å². The van der Waals surface area contributed by atoms with Crippen molar-refractivity contribution in [2.75, 3.05) is 53.0 Å². The first-order valence-corrected chi connectivity index (χ1v) is 35.8. The average Bonchev–Trinajstić information content (AvgIpc) is 0.804. The largest absolute Gasteiger partial charge is 0.425 e. The Kier molecular flexibility index (Phi) is 30.9. The summed E-state index contributed by atoms with van der Waals surface area (Å²) in [5, 5.41) is 16.7. The number of carbonyl (C=O) groups is 6. The van der Waals surface area contributed by atoms with E-state index in [4.69, 9.17) is 37.9 Å². The minimum atomic E-state index is -4.55. The van der Waals surface area contributed by atoms with Crippen LogP contribution in [-0.4, -0.2) is 133 Å². The van der Waals surface area contributed by atoms with Crippen LogP contribution in [0.2, 0.25) is 0 Å². The number of nitrogens with one attached hydrogen (secondary N) is 6. The van der Waals surface area contributed by atoms with Crippen LogP contribution in [0.15, 0.2) is 215 Å². The third-order valence-electron chi connectivity index (χ3n) is 13.6. The molecule has 534 valence electrons. The molecular formula is C66H60N6O24S6. The van der Waals surface area contributed by atoms with Crippen LogP contribution in [0, 0.1) is 0 Å². The van der Waals surface area contributed by atoms with Crippen molar-refractivity contribution < 1.29 is 106 Å². The molecule has 9 aromatic carbocycles. The summed E-state index contributed by atoms with van der Waals surface area (Å²) in [5.74, 6) is -1.95. The molecule has 9 N–H and O–H groups in total. The SMILES string of the molecule is CNc1ccc(-c2ccc(NC(=O)c3ccc(C(C)=O)cc3)cc2S(=O)(=O)O)cc1.CNc1ccc(-c2ccc(NC(=O)c3cccc(C(C)=O)c3)cc2S(=O)(=O)O)cc1.CNc1ccc(-c2ccc(NC(=O)c3cccc(C(C)=O)c3)cc2S(=O)(=O)O)cc1.O=S(=O)=O.O=S(=O)=O.O=S(=O)=O. The highest BCUT2D eigenvalue weighted by Gasteiger charge is 2.23. The standard InChI is InChI=1S/3C22H20N2O5S.3O3S/c1-14(25)15-3-5-17(6-4-15)22(26)24-19-11-12-20(21(13-19)30(27,28)29)16-7-9-18(23-2)10-8-16;2*1-14(25)16-4-3-5-17(12-16)22(26)24-19-10-11-20(21(13-19)30(27,28)29)15-6-8-18(23-2)9-7-15;3*1-4(2)3/h3*3-13,23H,1-2H3,(H,24,26)(H,27,28,29);;;. The van der Waals surface area contributed by atoms with E-state index in [0.29, 0.717) is 55.6 Å². The van der Waals surface area contributed by atoms with Gasteiger partial charge in [0.05, 0.1) is 0 Å². The molecule has 0 atom stereocenters. The highest BCUT2D eigenvalue weighted by Crippen LogP contribution is 2.34. The minimum absolute atomic E-state index is 0.113. The maximum absolute atomic E-state index is 12.5. The van der Waals surface area contributed by atoms with Crippen molar-refractivity contribution in [1.29, 1.82) is 0 Å². The van der Waals surface area contributed by atoms with Gasteiger partial charge in [0.2, 0.25) is 0 Å². The van der Waals surface area contributed by atoms with Crippen LogP contribution in [-0.2, 0) is 62.2 Å². The number of amides is 3. The number of Topliss-reactive ketones (excluding diaryl/α,β-unsaturated/α-hetero) is 3. The Labute approximate surface area is 588 Å². The van der Waals surface area contributed by atoms with Gasteiger partial charge in [-0.2, -0.15) is 25.3 Å². The number of rotatable bonds is 18. The smallest absolute Gasteiger partial charge is 0.388 e. The fraction of sp³-hybridized carbons (Fsp3) is 0.0909. The van der Waals surface area contributed by atoms with Gasteiger partial charge in [-0.3, -0.25) is 42.4 Å². The molecule has 0 aliphatic heterocycles. The summed E-state index contributed by atoms with van der Waals surface area (Å²) in [5.41, 5.74) is 7.91. The van der Waals surface area contributed by atoms with Gasteiger partial charge in [0.25, 0.3) is 48.1 Å². The lowest BCUT2D eigenvalue weighted by Gasteiger charge is -2.12. The number of benzene rings is 9. The zero-order valence-corrected chi connectivity index (χ0v) is 58.8. The zero-order chi connectivity index (χ0) is 76.4. The van der Waals surface area contributed by atoms with E-state index in [0.717, 1.165) is 17.1 Å². The summed E-state index contributed by atoms with van der Waals surface area (Å²) in [4.78, 5) is 71.0. The van der Waals surface area contributed by atoms with Crippen LogP contribution in [0.3, 0.4) is 0 Å². The fourth-order valence-corrected chi connectivity index (χ4v) is 11.0. The van der Waals surface area contributed by atoms with Crippen molar-refractivity contribution in [2.45, 2.75) is 35.5 Å². The molecule has 9 rings (SSSR count). The van der Waals surface area contributed by atoms with Crippen LogP contribution in [0.5, 0.6) is 0 Å². The predicted octanol–water partition coefficient (Wildman–Crippen LogP) is 9.28. The normalized spacial score (nSPS) is 10.4. The van der Waals surface area contributed by atoms with Gasteiger partial charge < -0.3 is 31.9 Å². The summed E-state index contributed by atoms with van der Waals surface area (Å²) < 4.78 is 177. The van der Waals surface area contributed by atoms with Gasteiger partial charge in [0.15, 0.2) is 17.3 Å². The maximum atomic E-state index is 12.5. The highest BCUT2D eigenvalue weighted by atomic mass is 32.2. The first-order valence-electron chi connectivity index (χ1n) is 28.5. The molecule has 0 aliphatic carbocycles. The summed E-state index contributed by atoms with van der Waals surface area (Å²) in [6.45, 7) is 4.23. The molecule has 0 unspecified atom stereocenters. The lowest BCUT2D eigenvalue weighted by atomic mass is 10.0. The molecule has 0 bridgehead atoms. The Hall–Kier alpha value is -11.6. The van der Waals surface area contributed by atoms with E-state index in [1.807, 2.05) is 0 Å². The fourth-order valence-electron chi connectivity index (χ4n) is 8.83. The minimum Gasteiger partial charge on any atom is -0.388 e. The molecule has 0 radical (unpaired) electrons. The van der Waals surface area contributed by atoms with Gasteiger partial charge in [0.1, 0.15) is 14.7 Å². The van der Waals surface area contributed by atoms with Crippen LogP contribution in [0.1, 0.15) is 82.9 Å². The molecule has 0 spiro atoms. The lowest BCUT2D eigenvalue weighted by Crippen LogP contribution is -2.13. The van der Waals surface area contributed by atoms with E-state index in [9.17, 15) is 67.7 Å². The molecule has 0 aromatic heterocycles. The predicted molar refractivity (Wildman–Crippen MR) is 376 cm³/mol. The van der Waals surface area contributed by atoms with E-state index in [-0.39, 0.29) is 60.2 Å². The van der Waals surface area contributed by atoms with E-state index in [1.54, 1.807) is 161 Å². The monoisotopic (exact) mass is 1510 g/mol. The number of carbonyl (C=O) groups excluding carboxylic acids is 6. The second kappa shape index (κ2) is 38.1. The van der Waals surface area contributed by atoms with Crippen molar-refractivity contribution in [3.8, 4) is 33.4 Å². The van der Waals surface area contributed by atoms with Crippen molar-refractivity contribution in [3.63, 3.8) is 0 Å². The number of anilines is 6. The van der Waals surface area contributed by atoms with Gasteiger partial charge in [-0.1, -0.05) is 91.0 Å². The molecule has 0 saturated carbocycles. The zero-order valence-electron chi connectivity index (χ0n) is 53.9. The summed E-state index contributed by atoms with van der Waals surface area (Å²) in [6, 6.07) is 52.3. The molecule has 36 heteroatoms. The molecule has 0 heterocycles. The van der Waals surface area contributed by atoms with Crippen molar-refractivity contribution >= 4 is 131 Å². The molecule has 0 fully saturated rings. The molecule has 9 aromatic rings. The Balaban J connectivity index is 0.000000299. The van der Waals surface area contributed by atoms with Crippen LogP contribution in [0.4, 0.5) is 34.1 Å². The average molecular weight is 1510 g/mol. The number of ketones is 3. The quantitative estimate of drug-likeness (QED) is 0.0285. The maximum Gasteiger partial charge on any atom is 0.425 e. The molecule has 102 heavy (non-hydrogen) atoms. The Morgan fingerprint density at radius 2 is 0.500 bits per heavy atom. The van der Waals surface area contributed by atoms with E-state index in [1.165, 1.54) is 81.4 Å². The highest BCUT2D eigenvalue weighted by molar-refractivity contribution is 7.86. The third kappa shape index (κ3) is 26.6. The summed E-state index contributed by atoms with van der Waals surface area (Å²) in [7, 11) is -17.7. The van der Waals surface area contributed by atoms with Crippen molar-refractivity contribution in [1.82, 2.24) is 0 Å². The summed E-state index contributed by atoms with van der Waals surface area (Å²) >= 11 is 0. The second-order valence-electron chi connectivity index (χ2n) is 20.4. The van der Waals surface area contributed by atoms with Crippen LogP contribution in [0.25, 0.3) is 33.4 Å². The van der Waals surface area contributed by atoms with E-state index < -0.39 is 79.9 Å². The Bertz CT molecular complexity index is 5060. The van der Waals surface area contributed by atoms with Gasteiger partial charge >= 0.3 is 31.8 Å². The molecule has 30 nitrogen and oxygen atoms in total. The first-order chi connectivity index (χ1) is 47.8. The summed E-state index contributed by atoms with van der Waals surface area (Å²) in [6.07, 6.45) is 0. The Morgan fingerprint density at radius 1 is 0.284 bits per heavy atom. The second-order valence-corrected chi connectivity index (χ2v) is 25.8. The van der Waals surface area contributed by atoms with Crippen LogP contribution < -0.4 is 31.9 Å². The Morgan fingerprint density at radius 3 is 0.725 bits per heavy atom. The number of hydrogen-bond acceptors (Lipinski definition) is 24. The lowest BCUT2D eigenvalue weighted by molar-refractivity contribution is 0.100.